The van der Waals surface area contributed by atoms with Crippen molar-refractivity contribution in [1.82, 2.24) is 4.98 Å². The Bertz CT molecular complexity index is 662. The summed E-state index contributed by atoms with van der Waals surface area (Å²) in [6.45, 7) is 1.25. The molecule has 140 valence electrons. The third kappa shape index (κ3) is 7.21. The minimum atomic E-state index is -0.473. The molecule has 26 heavy (non-hydrogen) atoms. The molecule has 0 saturated carbocycles. The van der Waals surface area contributed by atoms with E-state index in [1.165, 1.54) is 0 Å². The highest BCUT2D eigenvalue weighted by Gasteiger charge is 2.02. The van der Waals surface area contributed by atoms with Crippen LogP contribution in [0.4, 0.5) is 10.1 Å². The number of halogens is 1. The van der Waals surface area contributed by atoms with E-state index in [1.54, 1.807) is 6.20 Å². The van der Waals surface area contributed by atoms with Gasteiger partial charge in [0.25, 0.3) is 0 Å². The normalized spacial score (nSPS) is 11.0. The lowest BCUT2D eigenvalue weighted by Crippen LogP contribution is -2.12. The number of hydrogen-bond acceptors (Lipinski definition) is 5. The number of pyridine rings is 1. The van der Waals surface area contributed by atoms with Crippen molar-refractivity contribution >= 4 is 17.8 Å². The van der Waals surface area contributed by atoms with Crippen molar-refractivity contribution in [3.8, 4) is 5.88 Å². The number of anilines is 1. The van der Waals surface area contributed by atoms with Crippen molar-refractivity contribution in [2.24, 2.45) is 0 Å². The van der Waals surface area contributed by atoms with Gasteiger partial charge in [0.15, 0.2) is 0 Å². The maximum Gasteiger partial charge on any atom is 0.220 e. The summed E-state index contributed by atoms with van der Waals surface area (Å²) < 4.78 is 27.9. The highest BCUT2D eigenvalue weighted by molar-refractivity contribution is 5.72. The lowest BCUT2D eigenvalue weighted by atomic mass is 10.1. The standard InChI is InChI=1S/C20H25FN2O3/c1-22-19-8-5-17(6-9-19)4-7-18-3-2-11-23-20(18)26-16-15-25-14-13-24-12-10-21/h2-9,11,22H,10,12-16H2,1H3/b7-4+. The first-order chi connectivity index (χ1) is 12.8. The molecular formula is C20H25FN2O3. The lowest BCUT2D eigenvalue weighted by molar-refractivity contribution is 0.0320. The van der Waals surface area contributed by atoms with Gasteiger partial charge < -0.3 is 19.5 Å². The van der Waals surface area contributed by atoms with Crippen molar-refractivity contribution in [1.29, 1.82) is 0 Å². The first-order valence-corrected chi connectivity index (χ1v) is 8.58. The Hall–Kier alpha value is -2.44. The van der Waals surface area contributed by atoms with Crippen LogP contribution in [-0.4, -0.2) is 51.7 Å². The Morgan fingerprint density at radius 3 is 2.42 bits per heavy atom. The monoisotopic (exact) mass is 360 g/mol. The van der Waals surface area contributed by atoms with Crippen molar-refractivity contribution < 1.29 is 18.6 Å². The van der Waals surface area contributed by atoms with Gasteiger partial charge in [-0.15, -0.1) is 0 Å². The van der Waals surface area contributed by atoms with Gasteiger partial charge in [-0.3, -0.25) is 0 Å². The number of alkyl halides is 1. The quantitative estimate of drug-likeness (QED) is 0.585. The summed E-state index contributed by atoms with van der Waals surface area (Å²) in [5.41, 5.74) is 3.06. The van der Waals surface area contributed by atoms with E-state index >= 15 is 0 Å². The molecule has 1 N–H and O–H groups in total. The van der Waals surface area contributed by atoms with Crippen LogP contribution < -0.4 is 10.1 Å². The summed E-state index contributed by atoms with van der Waals surface area (Å²) in [6, 6.07) is 11.9. The molecule has 0 spiro atoms. The molecule has 5 nitrogen and oxygen atoms in total. The molecule has 0 atom stereocenters. The van der Waals surface area contributed by atoms with Crippen LogP contribution in [0, 0.1) is 0 Å². The fourth-order valence-electron chi connectivity index (χ4n) is 2.17. The molecule has 0 saturated heterocycles. The summed E-state index contributed by atoms with van der Waals surface area (Å²) in [4.78, 5) is 4.27. The van der Waals surface area contributed by atoms with Crippen molar-refractivity contribution in [2.75, 3.05) is 52.1 Å². The Morgan fingerprint density at radius 2 is 1.69 bits per heavy atom. The number of benzene rings is 1. The molecule has 0 radical (unpaired) electrons. The lowest BCUT2D eigenvalue weighted by Gasteiger charge is -2.08. The second-order valence-electron chi connectivity index (χ2n) is 5.37. The Kier molecular flexibility index (Phi) is 9.18. The molecule has 0 amide bonds. The predicted molar refractivity (Wildman–Crippen MR) is 102 cm³/mol. The maximum absolute atomic E-state index is 11.9. The van der Waals surface area contributed by atoms with Crippen LogP contribution in [0.15, 0.2) is 42.6 Å². The van der Waals surface area contributed by atoms with Gasteiger partial charge in [0.05, 0.1) is 26.4 Å². The highest BCUT2D eigenvalue weighted by atomic mass is 19.1. The number of nitrogens with one attached hydrogen (secondary N) is 1. The summed E-state index contributed by atoms with van der Waals surface area (Å²) in [5.74, 6) is 0.563. The molecule has 0 unspecified atom stereocenters. The molecule has 0 bridgehead atoms. The van der Waals surface area contributed by atoms with Gasteiger partial charge in [0.1, 0.15) is 13.3 Å². The Balaban J connectivity index is 1.80. The largest absolute Gasteiger partial charge is 0.475 e. The number of aromatic nitrogens is 1. The van der Waals surface area contributed by atoms with Gasteiger partial charge in [-0.2, -0.15) is 0 Å². The van der Waals surface area contributed by atoms with E-state index in [-0.39, 0.29) is 6.61 Å². The molecular weight excluding hydrogens is 335 g/mol. The van der Waals surface area contributed by atoms with Crippen LogP contribution in [0.5, 0.6) is 5.88 Å². The molecule has 2 rings (SSSR count). The smallest absolute Gasteiger partial charge is 0.220 e. The summed E-state index contributed by atoms with van der Waals surface area (Å²) in [6.07, 6.45) is 5.68. The molecule has 1 aromatic carbocycles. The van der Waals surface area contributed by atoms with Crippen molar-refractivity contribution in [3.63, 3.8) is 0 Å². The second-order valence-corrected chi connectivity index (χ2v) is 5.37. The highest BCUT2D eigenvalue weighted by Crippen LogP contribution is 2.18. The van der Waals surface area contributed by atoms with E-state index < -0.39 is 6.67 Å². The van der Waals surface area contributed by atoms with Crippen LogP contribution in [0.2, 0.25) is 0 Å². The molecule has 0 aliphatic rings. The molecule has 0 aliphatic carbocycles. The zero-order valence-corrected chi connectivity index (χ0v) is 15.0. The molecule has 0 fully saturated rings. The molecule has 6 heteroatoms. The predicted octanol–water partition coefficient (Wildman–Crippen LogP) is 3.68. The van der Waals surface area contributed by atoms with Gasteiger partial charge in [0.2, 0.25) is 5.88 Å². The Morgan fingerprint density at radius 1 is 0.962 bits per heavy atom. The van der Waals surface area contributed by atoms with Crippen LogP contribution in [-0.2, 0) is 9.47 Å². The van der Waals surface area contributed by atoms with Gasteiger partial charge in [-0.05, 0) is 35.9 Å². The summed E-state index contributed by atoms with van der Waals surface area (Å²) in [5, 5.41) is 3.09. The first kappa shape index (κ1) is 19.9. The number of ether oxygens (including phenoxy) is 3. The van der Waals surface area contributed by atoms with E-state index in [1.807, 2.05) is 55.6 Å². The minimum Gasteiger partial charge on any atom is -0.475 e. The van der Waals surface area contributed by atoms with Gasteiger partial charge in [-0.1, -0.05) is 18.2 Å². The van der Waals surface area contributed by atoms with Crippen LogP contribution >= 0.6 is 0 Å². The van der Waals surface area contributed by atoms with E-state index in [4.69, 9.17) is 14.2 Å². The third-order valence-corrected chi connectivity index (χ3v) is 3.52. The van der Waals surface area contributed by atoms with Gasteiger partial charge >= 0.3 is 0 Å². The number of rotatable bonds is 12. The topological polar surface area (TPSA) is 52.6 Å². The van der Waals surface area contributed by atoms with Crippen LogP contribution in [0.1, 0.15) is 11.1 Å². The zero-order chi connectivity index (χ0) is 18.5. The Labute approximate surface area is 153 Å². The molecule has 2 aromatic rings. The van der Waals surface area contributed by atoms with Crippen LogP contribution in [0.3, 0.4) is 0 Å². The van der Waals surface area contributed by atoms with Gasteiger partial charge in [0, 0.05) is 24.5 Å². The van der Waals surface area contributed by atoms with E-state index in [0.29, 0.717) is 32.3 Å². The minimum absolute atomic E-state index is 0.112. The van der Waals surface area contributed by atoms with E-state index in [0.717, 1.165) is 16.8 Å². The average Bonchev–Trinajstić information content (AvgIpc) is 2.69. The van der Waals surface area contributed by atoms with Gasteiger partial charge in [-0.25, -0.2) is 9.37 Å². The average molecular weight is 360 g/mol. The van der Waals surface area contributed by atoms with Crippen molar-refractivity contribution in [2.45, 2.75) is 0 Å². The van der Waals surface area contributed by atoms with E-state index in [9.17, 15) is 4.39 Å². The molecule has 0 aliphatic heterocycles. The second kappa shape index (κ2) is 12.0. The molecule has 1 heterocycles. The molecule has 1 aromatic heterocycles. The SMILES string of the molecule is CNc1ccc(/C=C/c2cccnc2OCCOCCOCCF)cc1. The zero-order valence-electron chi connectivity index (χ0n) is 15.0. The van der Waals surface area contributed by atoms with Crippen LogP contribution in [0.25, 0.3) is 12.2 Å². The first-order valence-electron chi connectivity index (χ1n) is 8.58. The maximum atomic E-state index is 11.9. The summed E-state index contributed by atoms with van der Waals surface area (Å²) in [7, 11) is 1.89. The fourth-order valence-corrected chi connectivity index (χ4v) is 2.17. The summed E-state index contributed by atoms with van der Waals surface area (Å²) >= 11 is 0. The van der Waals surface area contributed by atoms with E-state index in [2.05, 4.69) is 10.3 Å². The third-order valence-electron chi connectivity index (χ3n) is 3.52. The number of nitrogens with zero attached hydrogens (tertiary/aromatic N) is 1. The number of hydrogen-bond donors (Lipinski definition) is 1. The van der Waals surface area contributed by atoms with Crippen molar-refractivity contribution in [3.05, 3.63) is 53.7 Å². The fraction of sp³-hybridized carbons (Fsp3) is 0.350.